The van der Waals surface area contributed by atoms with Gasteiger partial charge in [-0.3, -0.25) is 20.3 Å². The Kier molecular flexibility index (Phi) is 4.51. The lowest BCUT2D eigenvalue weighted by Crippen LogP contribution is -2.29. The van der Waals surface area contributed by atoms with Gasteiger partial charge < -0.3 is 4.74 Å². The first-order valence-corrected chi connectivity index (χ1v) is 6.80. The molecule has 7 nitrogen and oxygen atoms in total. The fourth-order valence-corrected chi connectivity index (χ4v) is 2.60. The van der Waals surface area contributed by atoms with E-state index in [1.54, 1.807) is 6.07 Å². The molecule has 0 aliphatic heterocycles. The molecule has 1 amide bonds. The van der Waals surface area contributed by atoms with Crippen LogP contribution in [0, 0.1) is 17.0 Å². The second kappa shape index (κ2) is 6.33. The van der Waals surface area contributed by atoms with E-state index in [0.29, 0.717) is 10.6 Å². The lowest BCUT2D eigenvalue weighted by molar-refractivity contribution is -0.384. The number of non-ortho nitro benzene ring substituents is 1. The third-order valence-corrected chi connectivity index (χ3v) is 3.91. The Balaban J connectivity index is 2.04. The van der Waals surface area contributed by atoms with E-state index < -0.39 is 4.92 Å². The molecule has 1 aromatic carbocycles. The molecule has 0 saturated carbocycles. The number of amides is 1. The van der Waals surface area contributed by atoms with Gasteiger partial charge in [0.05, 0.1) is 9.80 Å². The van der Waals surface area contributed by atoms with Crippen LogP contribution in [-0.4, -0.2) is 10.8 Å². The summed E-state index contributed by atoms with van der Waals surface area (Å²) in [5.74, 6) is 5.27. The Hall–Kier alpha value is -2.45. The number of hydrogen-bond acceptors (Lipinski definition) is 6. The maximum atomic E-state index is 11.4. The average molecular weight is 307 g/mol. The van der Waals surface area contributed by atoms with Crippen LogP contribution in [0.4, 0.5) is 5.69 Å². The highest BCUT2D eigenvalue weighted by Crippen LogP contribution is 2.24. The maximum absolute atomic E-state index is 11.4. The molecule has 0 fully saturated rings. The van der Waals surface area contributed by atoms with Gasteiger partial charge in [-0.1, -0.05) is 0 Å². The number of ether oxygens (including phenoxy) is 1. The van der Waals surface area contributed by atoms with Crippen LogP contribution in [0.25, 0.3) is 0 Å². The van der Waals surface area contributed by atoms with Gasteiger partial charge in [0.15, 0.2) is 0 Å². The maximum Gasteiger partial charge on any atom is 0.275 e. The summed E-state index contributed by atoms with van der Waals surface area (Å²) in [6.07, 6.45) is 0. The molecule has 3 N–H and O–H groups in total. The molecule has 0 bridgehead atoms. The number of thiophene rings is 1. The van der Waals surface area contributed by atoms with Gasteiger partial charge in [-0.15, -0.1) is 11.3 Å². The highest BCUT2D eigenvalue weighted by atomic mass is 32.1. The highest BCUT2D eigenvalue weighted by molar-refractivity contribution is 7.14. The van der Waals surface area contributed by atoms with Gasteiger partial charge in [-0.05, 0) is 25.1 Å². The summed E-state index contributed by atoms with van der Waals surface area (Å²) in [6, 6.07) is 7.54. The minimum absolute atomic E-state index is 0.0102. The van der Waals surface area contributed by atoms with Crippen LogP contribution >= 0.6 is 11.3 Å². The van der Waals surface area contributed by atoms with E-state index in [2.05, 4.69) is 5.43 Å². The molecule has 0 saturated heterocycles. The number of hydrogen-bond donors (Lipinski definition) is 2. The van der Waals surface area contributed by atoms with Crippen LogP contribution in [-0.2, 0) is 6.61 Å². The Morgan fingerprint density at radius 3 is 2.67 bits per heavy atom. The number of nitro benzene ring substituents is 1. The number of carbonyl (C=O) groups excluding carboxylic acids is 1. The van der Waals surface area contributed by atoms with Crippen LogP contribution in [0.5, 0.6) is 5.75 Å². The fourth-order valence-electron chi connectivity index (χ4n) is 1.67. The molecule has 0 radical (unpaired) electrons. The van der Waals surface area contributed by atoms with E-state index in [1.165, 1.54) is 35.6 Å². The molecule has 0 aliphatic rings. The molecule has 0 aliphatic carbocycles. The quantitative estimate of drug-likeness (QED) is 0.381. The normalized spacial score (nSPS) is 10.2. The summed E-state index contributed by atoms with van der Waals surface area (Å²) in [4.78, 5) is 23.0. The van der Waals surface area contributed by atoms with Gasteiger partial charge in [0.2, 0.25) is 0 Å². The molecule has 0 atom stereocenters. The molecular weight excluding hydrogens is 294 g/mol. The number of hydrazine groups is 1. The summed E-state index contributed by atoms with van der Waals surface area (Å²) in [7, 11) is 0. The number of carbonyl (C=O) groups is 1. The second-order valence-corrected chi connectivity index (χ2v) is 5.46. The van der Waals surface area contributed by atoms with Gasteiger partial charge >= 0.3 is 0 Å². The number of nitrogens with one attached hydrogen (secondary N) is 1. The van der Waals surface area contributed by atoms with Crippen molar-refractivity contribution in [3.63, 3.8) is 0 Å². The Morgan fingerprint density at radius 1 is 1.43 bits per heavy atom. The Bertz CT molecular complexity index is 667. The topological polar surface area (TPSA) is 107 Å². The van der Waals surface area contributed by atoms with Crippen molar-refractivity contribution in [3.05, 3.63) is 55.8 Å². The summed E-state index contributed by atoms with van der Waals surface area (Å²) in [6.45, 7) is 2.16. The SMILES string of the molecule is Cc1sc(C(=O)NN)cc1COc1ccc([N+](=O)[O-])cc1. The van der Waals surface area contributed by atoms with Crippen molar-refractivity contribution < 1.29 is 14.5 Å². The molecule has 0 spiro atoms. The third-order valence-electron chi connectivity index (χ3n) is 2.82. The number of nitrogen functional groups attached to an aromatic ring is 1. The lowest BCUT2D eigenvalue weighted by atomic mass is 10.2. The van der Waals surface area contributed by atoms with Crippen molar-refractivity contribution in [2.45, 2.75) is 13.5 Å². The number of nitro groups is 1. The average Bonchev–Trinajstić information content (AvgIpc) is 2.86. The van der Waals surface area contributed by atoms with Crippen LogP contribution in [0.2, 0.25) is 0 Å². The molecule has 21 heavy (non-hydrogen) atoms. The monoisotopic (exact) mass is 307 g/mol. The number of nitrogens with two attached hydrogens (primary N) is 1. The first-order valence-electron chi connectivity index (χ1n) is 5.98. The zero-order chi connectivity index (χ0) is 15.4. The van der Waals surface area contributed by atoms with E-state index in [-0.39, 0.29) is 18.2 Å². The smallest absolute Gasteiger partial charge is 0.275 e. The van der Waals surface area contributed by atoms with E-state index in [1.807, 2.05) is 6.92 Å². The van der Waals surface area contributed by atoms with Crippen molar-refractivity contribution in [1.29, 1.82) is 0 Å². The summed E-state index contributed by atoms with van der Waals surface area (Å²) in [5, 5.41) is 10.5. The van der Waals surface area contributed by atoms with Crippen LogP contribution in [0.3, 0.4) is 0 Å². The van der Waals surface area contributed by atoms with Gasteiger partial charge in [0.1, 0.15) is 12.4 Å². The predicted molar refractivity (Wildman–Crippen MR) is 78.1 cm³/mol. The van der Waals surface area contributed by atoms with Gasteiger partial charge in [-0.25, -0.2) is 5.84 Å². The number of benzene rings is 1. The molecule has 1 heterocycles. The molecule has 8 heteroatoms. The molecule has 110 valence electrons. The lowest BCUT2D eigenvalue weighted by Gasteiger charge is -2.05. The van der Waals surface area contributed by atoms with Crippen LogP contribution in [0.1, 0.15) is 20.1 Å². The first-order chi connectivity index (χ1) is 10.0. The highest BCUT2D eigenvalue weighted by Gasteiger charge is 2.12. The van der Waals surface area contributed by atoms with Crippen molar-refractivity contribution in [2.75, 3.05) is 0 Å². The van der Waals surface area contributed by atoms with Crippen LogP contribution in [0.15, 0.2) is 30.3 Å². The van der Waals surface area contributed by atoms with Crippen molar-refractivity contribution in [3.8, 4) is 5.75 Å². The summed E-state index contributed by atoms with van der Waals surface area (Å²) in [5.41, 5.74) is 2.96. The van der Waals surface area contributed by atoms with E-state index in [9.17, 15) is 14.9 Å². The van der Waals surface area contributed by atoms with E-state index in [4.69, 9.17) is 10.6 Å². The molecule has 0 unspecified atom stereocenters. The number of rotatable bonds is 5. The number of aryl methyl sites for hydroxylation is 1. The predicted octanol–water partition coefficient (Wildman–Crippen LogP) is 2.15. The van der Waals surface area contributed by atoms with Crippen molar-refractivity contribution in [2.24, 2.45) is 5.84 Å². The summed E-state index contributed by atoms with van der Waals surface area (Å²) < 4.78 is 5.56. The largest absolute Gasteiger partial charge is 0.489 e. The first kappa shape index (κ1) is 14.9. The van der Waals surface area contributed by atoms with Crippen molar-refractivity contribution >= 4 is 22.9 Å². The minimum atomic E-state index is -0.468. The molecule has 2 rings (SSSR count). The Morgan fingerprint density at radius 2 is 2.10 bits per heavy atom. The van der Waals surface area contributed by atoms with Gasteiger partial charge in [-0.2, -0.15) is 0 Å². The molecule has 2 aromatic rings. The minimum Gasteiger partial charge on any atom is -0.489 e. The zero-order valence-electron chi connectivity index (χ0n) is 11.2. The van der Waals surface area contributed by atoms with Crippen molar-refractivity contribution in [1.82, 2.24) is 5.43 Å². The third kappa shape index (κ3) is 3.56. The van der Waals surface area contributed by atoms with Gasteiger partial charge in [0.25, 0.3) is 11.6 Å². The standard InChI is InChI=1S/C13H13N3O4S/c1-8-9(6-12(21-8)13(17)15-14)7-20-11-4-2-10(3-5-11)16(18)19/h2-6H,7,14H2,1H3,(H,15,17). The molecular formula is C13H13N3O4S. The summed E-state index contributed by atoms with van der Waals surface area (Å²) >= 11 is 1.33. The zero-order valence-corrected chi connectivity index (χ0v) is 12.0. The Labute approximate surface area is 124 Å². The van der Waals surface area contributed by atoms with E-state index >= 15 is 0 Å². The number of nitrogens with zero attached hydrogens (tertiary/aromatic N) is 1. The second-order valence-electron chi connectivity index (χ2n) is 4.21. The fraction of sp³-hybridized carbons (Fsp3) is 0.154. The van der Waals surface area contributed by atoms with E-state index in [0.717, 1.165) is 10.4 Å². The molecule has 1 aromatic heterocycles. The van der Waals surface area contributed by atoms with Crippen LogP contribution < -0.4 is 16.0 Å². The van der Waals surface area contributed by atoms with Gasteiger partial charge in [0, 0.05) is 22.6 Å².